The van der Waals surface area contributed by atoms with E-state index in [2.05, 4.69) is 21.7 Å². The molecule has 0 unspecified atom stereocenters. The largest absolute Gasteiger partial charge is 0.493 e. The van der Waals surface area contributed by atoms with E-state index in [1.807, 2.05) is 54.7 Å². The topological polar surface area (TPSA) is 247 Å². The molecule has 4 bridgehead atoms. The number of methoxy groups -OCH3 is 1. The van der Waals surface area contributed by atoms with Gasteiger partial charge in [-0.15, -0.1) is 0 Å². The summed E-state index contributed by atoms with van der Waals surface area (Å²) in [5.74, 6) is 5.59. The van der Waals surface area contributed by atoms with E-state index >= 15 is 0 Å². The first-order chi connectivity index (χ1) is 30.4. The quantitative estimate of drug-likeness (QED) is 0.0780. The number of allylic oxidation sites excluding steroid dienone is 1. The minimum Gasteiger partial charge on any atom is -0.493 e. The summed E-state index contributed by atoms with van der Waals surface area (Å²) in [6.45, 7) is 1.20. The molecule has 328 valence electrons. The van der Waals surface area contributed by atoms with Crippen molar-refractivity contribution in [2.45, 2.75) is 98.7 Å². The van der Waals surface area contributed by atoms with Crippen LogP contribution in [0.4, 0.5) is 0 Å². The van der Waals surface area contributed by atoms with E-state index in [0.717, 1.165) is 33.5 Å². The zero-order valence-corrected chi connectivity index (χ0v) is 34.1. The number of ether oxygens (including phenoxy) is 7. The highest BCUT2D eigenvalue weighted by molar-refractivity contribution is 5.90. The maximum atomic E-state index is 12.5. The summed E-state index contributed by atoms with van der Waals surface area (Å²) in [6.07, 6.45) is -6.38. The van der Waals surface area contributed by atoms with Crippen LogP contribution in [0.3, 0.4) is 0 Å². The number of carbonyl (C=O) groups is 2. The van der Waals surface area contributed by atoms with Gasteiger partial charge in [-0.25, -0.2) is 0 Å². The highest BCUT2D eigenvalue weighted by atomic mass is 16.7. The van der Waals surface area contributed by atoms with Gasteiger partial charge in [0, 0.05) is 60.3 Å². The van der Waals surface area contributed by atoms with Crippen LogP contribution in [0.15, 0.2) is 77.1 Å². The third kappa shape index (κ3) is 6.94. The number of hydrogen-bond donors (Lipinski definition) is 6. The van der Waals surface area contributed by atoms with Crippen LogP contribution in [0.25, 0.3) is 0 Å². The molecule has 8 N–H and O–H groups in total. The molecule has 0 saturated carbocycles. The monoisotopic (exact) mass is 862 g/mol. The van der Waals surface area contributed by atoms with E-state index in [1.54, 1.807) is 19.4 Å². The van der Waals surface area contributed by atoms with Crippen molar-refractivity contribution in [2.24, 2.45) is 16.5 Å². The predicted molar refractivity (Wildman–Crippen MR) is 221 cm³/mol. The number of aliphatic hydroxyl groups excluding tert-OH is 2. The van der Waals surface area contributed by atoms with Gasteiger partial charge in [-0.3, -0.25) is 14.6 Å². The summed E-state index contributed by atoms with van der Waals surface area (Å²) < 4.78 is 44.6. The van der Waals surface area contributed by atoms with Crippen molar-refractivity contribution in [3.63, 3.8) is 0 Å². The van der Waals surface area contributed by atoms with Crippen molar-refractivity contribution in [3.05, 3.63) is 99.9 Å². The summed E-state index contributed by atoms with van der Waals surface area (Å²) in [7, 11) is 1.58. The number of fused-ring (bicyclic) bond motifs is 5. The Morgan fingerprint density at radius 1 is 1.08 bits per heavy atom. The lowest BCUT2D eigenvalue weighted by Crippen LogP contribution is -2.71. The molecule has 63 heavy (non-hydrogen) atoms. The molecule has 7 heterocycles. The van der Waals surface area contributed by atoms with Crippen LogP contribution >= 0.6 is 0 Å². The van der Waals surface area contributed by atoms with Crippen molar-refractivity contribution in [3.8, 4) is 40.6 Å². The van der Waals surface area contributed by atoms with E-state index in [4.69, 9.17) is 44.6 Å². The molecule has 3 aromatic rings. The van der Waals surface area contributed by atoms with Crippen LogP contribution in [0.1, 0.15) is 65.0 Å². The van der Waals surface area contributed by atoms with Gasteiger partial charge in [-0.1, -0.05) is 48.2 Å². The van der Waals surface area contributed by atoms with Crippen LogP contribution in [-0.2, 0) is 32.0 Å². The number of aliphatic hydroxyl groups is 3. The number of hydrogen-bond acceptors (Lipinski definition) is 16. The fourth-order valence-electron chi connectivity index (χ4n) is 9.92. The Kier molecular flexibility index (Phi) is 10.3. The predicted octanol–water partition coefficient (Wildman–Crippen LogP) is 2.04. The maximum absolute atomic E-state index is 12.5. The number of aliphatic carboxylic acids is 1. The molecule has 17 heteroatoms. The van der Waals surface area contributed by atoms with Crippen molar-refractivity contribution in [2.75, 3.05) is 20.3 Å². The molecule has 1 fully saturated rings. The Morgan fingerprint density at radius 2 is 1.90 bits per heavy atom. The lowest BCUT2D eigenvalue weighted by Gasteiger charge is -2.48. The van der Waals surface area contributed by atoms with Gasteiger partial charge in [0.1, 0.15) is 48.4 Å². The van der Waals surface area contributed by atoms with Crippen molar-refractivity contribution < 1.29 is 63.2 Å². The maximum Gasteiger partial charge on any atom is 0.317 e. The van der Waals surface area contributed by atoms with Gasteiger partial charge in [0.15, 0.2) is 23.2 Å². The van der Waals surface area contributed by atoms with Gasteiger partial charge < -0.3 is 70.0 Å². The van der Waals surface area contributed by atoms with Crippen LogP contribution < -0.4 is 35.2 Å². The summed E-state index contributed by atoms with van der Waals surface area (Å²) in [5.41, 5.74) is 15.7. The number of esters is 1. The number of nitrogens with two attached hydrogens (primary N) is 2. The molecule has 10 atom stereocenters. The molecule has 17 nitrogen and oxygen atoms in total. The molecule has 0 aliphatic carbocycles. The second-order valence-corrected chi connectivity index (χ2v) is 16.7. The van der Waals surface area contributed by atoms with Crippen molar-refractivity contribution in [1.29, 1.82) is 0 Å². The Morgan fingerprint density at radius 3 is 2.67 bits per heavy atom. The molecule has 0 spiro atoms. The van der Waals surface area contributed by atoms with Crippen LogP contribution in [0.2, 0.25) is 0 Å². The van der Waals surface area contributed by atoms with Gasteiger partial charge in [-0.2, -0.15) is 0 Å². The fourth-order valence-corrected chi connectivity index (χ4v) is 9.92. The first-order valence-corrected chi connectivity index (χ1v) is 20.8. The molecular formula is C46H46N4O13. The number of carbonyl (C=O) groups excluding carboxylic acids is 1. The van der Waals surface area contributed by atoms with Gasteiger partial charge in [0.2, 0.25) is 12.0 Å². The fraction of sp³-hybridized carbons (Fsp3) is 0.413. The minimum absolute atomic E-state index is 0.134. The normalized spacial score (nSPS) is 29.8. The van der Waals surface area contributed by atoms with Crippen LogP contribution in [-0.4, -0.2) is 112 Å². The summed E-state index contributed by atoms with van der Waals surface area (Å²) >= 11 is 0. The number of aliphatic imine (C=N–C) groups is 1. The third-order valence-electron chi connectivity index (χ3n) is 12.9. The molecular weight excluding hydrogens is 817 g/mol. The van der Waals surface area contributed by atoms with E-state index in [9.17, 15) is 30.0 Å². The number of nitrogens with zero attached hydrogens (tertiary/aromatic N) is 2. The van der Waals surface area contributed by atoms with Gasteiger partial charge in [-0.05, 0) is 36.1 Å². The number of carboxylic acids is 1. The SMILES string of the molecule is COc1ccc2c3c1OCCC#C[C@@H](c1ccccc1)[C@H]1Oc4cc5c(c(CN6C=C7N=CC=C7C6)c4[C@H](O3)[C@H]21)CC[C@]1(O)[C@H](O5)O[C@H]([C@H](OC(=O)CC(=O)O)C(N)N)[C@@H](O)[C@@H]1O. The summed E-state index contributed by atoms with van der Waals surface area (Å²) in [6, 6.07) is 15.5. The molecule has 1 saturated heterocycles. The highest BCUT2D eigenvalue weighted by Gasteiger charge is 2.60. The molecule has 0 radical (unpaired) electrons. The van der Waals surface area contributed by atoms with E-state index in [1.165, 1.54) is 0 Å². The molecule has 7 aliphatic heterocycles. The van der Waals surface area contributed by atoms with Gasteiger partial charge >= 0.3 is 11.9 Å². The van der Waals surface area contributed by atoms with E-state index in [-0.39, 0.29) is 24.5 Å². The van der Waals surface area contributed by atoms with Gasteiger partial charge in [0.05, 0.1) is 37.4 Å². The Bertz CT molecular complexity index is 2520. The lowest BCUT2D eigenvalue weighted by molar-refractivity contribution is -0.329. The Hall–Kier alpha value is -6.13. The Labute approximate surface area is 361 Å². The highest BCUT2D eigenvalue weighted by Crippen LogP contribution is 2.62. The third-order valence-corrected chi connectivity index (χ3v) is 12.9. The van der Waals surface area contributed by atoms with E-state index in [0.29, 0.717) is 54.7 Å². The number of rotatable bonds is 9. The first-order valence-electron chi connectivity index (χ1n) is 20.8. The zero-order valence-electron chi connectivity index (χ0n) is 34.1. The standard InChI is InChI=1S/C46H46N4O13/c1-57-29-11-10-26-35-37-24(22-7-3-2-4-8-22)9-5-6-16-58-39(29)38(26)62-40(35)34-27(20-50-19-23-13-15-49-28(23)21-50)25-12-14-46(56)43(55)36(54)41(42(44(47)48)61-33(53)18-32(51)52)63-45(46)60-30(25)17-31(34)59-37/h2-4,7-8,10-11,13,15,17,21,24,35-37,40-45,54-56H,6,12,14,16,18-20,47-48H2,1H3,(H,51,52)/t24-,35+,36+,37+,40-,41-,42-,43-,45+,46+/m0/s1. The van der Waals surface area contributed by atoms with Crippen LogP contribution in [0.5, 0.6) is 28.7 Å². The number of benzene rings is 3. The van der Waals surface area contributed by atoms with Crippen molar-refractivity contribution in [1.82, 2.24) is 4.90 Å². The average molecular weight is 863 g/mol. The second-order valence-electron chi connectivity index (χ2n) is 16.7. The Balaban J connectivity index is 1.12. The molecule has 0 amide bonds. The molecule has 10 rings (SSSR count). The van der Waals surface area contributed by atoms with Crippen molar-refractivity contribution >= 4 is 18.2 Å². The van der Waals surface area contributed by atoms with Crippen LogP contribution in [0, 0.1) is 11.8 Å². The molecule has 0 aromatic heterocycles. The van der Waals surface area contributed by atoms with Gasteiger partial charge in [0.25, 0.3) is 0 Å². The minimum atomic E-state index is -2.22. The second kappa shape index (κ2) is 15.9. The molecule has 3 aromatic carbocycles. The lowest BCUT2D eigenvalue weighted by atomic mass is 9.75. The first kappa shape index (κ1) is 40.9. The average Bonchev–Trinajstić information content (AvgIpc) is 3.95. The zero-order chi connectivity index (χ0) is 43.7. The number of carboxylic acid groups (broad SMARTS) is 1. The van der Waals surface area contributed by atoms with E-state index < -0.39 is 79.0 Å². The molecule has 7 aliphatic rings. The smallest absolute Gasteiger partial charge is 0.317 e. The summed E-state index contributed by atoms with van der Waals surface area (Å²) in [5, 5.41) is 44.6. The summed E-state index contributed by atoms with van der Waals surface area (Å²) in [4.78, 5) is 30.4.